The highest BCUT2D eigenvalue weighted by molar-refractivity contribution is 5.79. The number of ether oxygens (including phenoxy) is 1. The summed E-state index contributed by atoms with van der Waals surface area (Å²) in [4.78, 5) is 26.8. The molecule has 1 N–H and O–H groups in total. The van der Waals surface area contributed by atoms with E-state index in [1.54, 1.807) is 42.0 Å². The highest BCUT2D eigenvalue weighted by atomic mass is 19.1. The predicted molar refractivity (Wildman–Crippen MR) is 90.7 cm³/mol. The lowest BCUT2D eigenvalue weighted by molar-refractivity contribution is -0.144. The number of halogens is 1. The van der Waals surface area contributed by atoms with Gasteiger partial charge in [-0.05, 0) is 25.1 Å². The Labute approximate surface area is 147 Å². The zero-order chi connectivity index (χ0) is 18.4. The number of carboxylic acid groups (broad SMARTS) is 1. The molecule has 1 heterocycles. The molecule has 0 spiro atoms. The second-order valence-electron chi connectivity index (χ2n) is 6.56. The van der Waals surface area contributed by atoms with Crippen LogP contribution in [0.3, 0.4) is 0 Å². The summed E-state index contributed by atoms with van der Waals surface area (Å²) in [7, 11) is 1.71. The van der Waals surface area contributed by atoms with Crippen molar-refractivity contribution in [3.63, 3.8) is 0 Å². The third kappa shape index (κ3) is 5.79. The molecule has 0 saturated carbocycles. The summed E-state index contributed by atoms with van der Waals surface area (Å²) in [6.45, 7) is 3.51. The van der Waals surface area contributed by atoms with E-state index in [1.807, 2.05) is 0 Å². The predicted octanol–water partition coefficient (Wildman–Crippen LogP) is 1.25. The Balaban J connectivity index is 1.90. The summed E-state index contributed by atoms with van der Waals surface area (Å²) in [5.41, 5.74) is 0.536. The topological polar surface area (TPSA) is 70.1 Å². The highest BCUT2D eigenvalue weighted by Gasteiger charge is 2.28. The SMILES string of the molecule is C[C@@H](Cc1ccccc1F)C(=O)N1CCO[C@@H](CN(C)CC(=O)O)C1. The van der Waals surface area contributed by atoms with E-state index in [2.05, 4.69) is 0 Å². The highest BCUT2D eigenvalue weighted by Crippen LogP contribution is 2.16. The molecular formula is C18H25FN2O4. The standard InChI is InChI=1S/C18H25FN2O4/c1-13(9-14-5-3-4-6-16(14)19)18(24)21-7-8-25-15(11-21)10-20(2)12-17(22)23/h3-6,13,15H,7-12H2,1-2H3,(H,22,23)/t13-,15-/m0/s1. The molecule has 1 aliphatic heterocycles. The molecule has 2 rings (SSSR count). The van der Waals surface area contributed by atoms with E-state index in [1.165, 1.54) is 6.07 Å². The van der Waals surface area contributed by atoms with Crippen molar-refractivity contribution < 1.29 is 23.8 Å². The van der Waals surface area contributed by atoms with E-state index < -0.39 is 5.97 Å². The number of hydrogen-bond acceptors (Lipinski definition) is 4. The summed E-state index contributed by atoms with van der Waals surface area (Å²) >= 11 is 0. The van der Waals surface area contributed by atoms with Crippen molar-refractivity contribution >= 4 is 11.9 Å². The monoisotopic (exact) mass is 352 g/mol. The summed E-state index contributed by atoms with van der Waals surface area (Å²) in [5.74, 6) is -1.55. The maximum atomic E-state index is 13.8. The maximum absolute atomic E-state index is 13.8. The van der Waals surface area contributed by atoms with E-state index in [-0.39, 0.29) is 30.3 Å². The van der Waals surface area contributed by atoms with Crippen molar-refractivity contribution in [1.29, 1.82) is 0 Å². The number of morpholine rings is 1. The van der Waals surface area contributed by atoms with E-state index >= 15 is 0 Å². The van der Waals surface area contributed by atoms with Gasteiger partial charge in [0.1, 0.15) is 5.82 Å². The van der Waals surface area contributed by atoms with E-state index in [9.17, 15) is 14.0 Å². The molecule has 1 fully saturated rings. The lowest BCUT2D eigenvalue weighted by atomic mass is 9.99. The van der Waals surface area contributed by atoms with Crippen LogP contribution in [0.4, 0.5) is 4.39 Å². The second-order valence-corrected chi connectivity index (χ2v) is 6.56. The van der Waals surface area contributed by atoms with Crippen LogP contribution < -0.4 is 0 Å². The number of rotatable bonds is 7. The Bertz CT molecular complexity index is 610. The van der Waals surface area contributed by atoms with Crippen LogP contribution in [0.2, 0.25) is 0 Å². The molecule has 138 valence electrons. The van der Waals surface area contributed by atoms with Crippen molar-refractivity contribution in [1.82, 2.24) is 9.80 Å². The first-order valence-electron chi connectivity index (χ1n) is 8.41. The van der Waals surface area contributed by atoms with Crippen LogP contribution in [0.15, 0.2) is 24.3 Å². The smallest absolute Gasteiger partial charge is 0.317 e. The minimum absolute atomic E-state index is 0.0301. The van der Waals surface area contributed by atoms with E-state index in [0.29, 0.717) is 38.2 Å². The molecule has 6 nitrogen and oxygen atoms in total. The van der Waals surface area contributed by atoms with Gasteiger partial charge >= 0.3 is 5.97 Å². The fourth-order valence-corrected chi connectivity index (χ4v) is 3.07. The van der Waals surface area contributed by atoms with Gasteiger partial charge in [-0.1, -0.05) is 25.1 Å². The molecule has 0 unspecified atom stereocenters. The molecule has 0 aliphatic carbocycles. The number of likely N-dealkylation sites (N-methyl/N-ethyl adjacent to an activating group) is 1. The number of carbonyl (C=O) groups is 2. The van der Waals surface area contributed by atoms with Gasteiger partial charge < -0.3 is 14.7 Å². The first kappa shape index (κ1) is 19.3. The van der Waals surface area contributed by atoms with Gasteiger partial charge in [-0.2, -0.15) is 0 Å². The van der Waals surface area contributed by atoms with Crippen LogP contribution in [-0.4, -0.2) is 72.7 Å². The van der Waals surface area contributed by atoms with Crippen LogP contribution in [0, 0.1) is 11.7 Å². The van der Waals surface area contributed by atoms with Crippen molar-refractivity contribution in [3.05, 3.63) is 35.6 Å². The molecule has 1 amide bonds. The lowest BCUT2D eigenvalue weighted by Crippen LogP contribution is -2.51. The average Bonchev–Trinajstić information content (AvgIpc) is 2.55. The number of amides is 1. The molecule has 1 aliphatic rings. The fourth-order valence-electron chi connectivity index (χ4n) is 3.07. The van der Waals surface area contributed by atoms with Crippen molar-refractivity contribution in [3.8, 4) is 0 Å². The molecule has 25 heavy (non-hydrogen) atoms. The zero-order valence-corrected chi connectivity index (χ0v) is 14.7. The summed E-state index contributed by atoms with van der Waals surface area (Å²) in [5, 5.41) is 8.81. The first-order chi connectivity index (χ1) is 11.9. The molecule has 2 atom stereocenters. The van der Waals surface area contributed by atoms with Crippen molar-refractivity contribution in [2.24, 2.45) is 5.92 Å². The van der Waals surface area contributed by atoms with Crippen LogP contribution >= 0.6 is 0 Å². The van der Waals surface area contributed by atoms with Crippen LogP contribution in [0.5, 0.6) is 0 Å². The molecular weight excluding hydrogens is 327 g/mol. The fraction of sp³-hybridized carbons (Fsp3) is 0.556. The quantitative estimate of drug-likeness (QED) is 0.800. The third-order valence-corrected chi connectivity index (χ3v) is 4.28. The number of benzene rings is 1. The lowest BCUT2D eigenvalue weighted by Gasteiger charge is -2.36. The Morgan fingerprint density at radius 3 is 2.84 bits per heavy atom. The van der Waals surface area contributed by atoms with E-state index in [0.717, 1.165) is 0 Å². The summed E-state index contributed by atoms with van der Waals surface area (Å²) in [6, 6.07) is 6.49. The van der Waals surface area contributed by atoms with Gasteiger partial charge in [0.2, 0.25) is 5.91 Å². The molecule has 1 aromatic carbocycles. The number of carbonyl (C=O) groups excluding carboxylic acids is 1. The largest absolute Gasteiger partial charge is 0.480 e. The number of carboxylic acids is 1. The zero-order valence-electron chi connectivity index (χ0n) is 14.7. The average molecular weight is 352 g/mol. The molecule has 7 heteroatoms. The molecule has 1 saturated heterocycles. The first-order valence-corrected chi connectivity index (χ1v) is 8.41. The van der Waals surface area contributed by atoms with Crippen LogP contribution in [-0.2, 0) is 20.7 Å². The number of nitrogens with zero attached hydrogens (tertiary/aromatic N) is 2. The molecule has 1 aromatic rings. The Morgan fingerprint density at radius 2 is 2.16 bits per heavy atom. The molecule has 0 aromatic heterocycles. The van der Waals surface area contributed by atoms with E-state index in [4.69, 9.17) is 9.84 Å². The third-order valence-electron chi connectivity index (χ3n) is 4.28. The Kier molecular flexibility index (Phi) is 6.90. The minimum Gasteiger partial charge on any atom is -0.480 e. The maximum Gasteiger partial charge on any atom is 0.317 e. The van der Waals surface area contributed by atoms with Crippen molar-refractivity contribution in [2.45, 2.75) is 19.4 Å². The summed E-state index contributed by atoms with van der Waals surface area (Å²) in [6.07, 6.45) is 0.134. The van der Waals surface area contributed by atoms with Gasteiger partial charge in [0.05, 0.1) is 19.3 Å². The second kappa shape index (κ2) is 8.92. The van der Waals surface area contributed by atoms with Gasteiger partial charge in [-0.15, -0.1) is 0 Å². The molecule has 0 radical (unpaired) electrons. The summed E-state index contributed by atoms with van der Waals surface area (Å²) < 4.78 is 19.4. The van der Waals surface area contributed by atoms with Crippen LogP contribution in [0.25, 0.3) is 0 Å². The molecule has 0 bridgehead atoms. The number of hydrogen-bond donors (Lipinski definition) is 1. The van der Waals surface area contributed by atoms with Gasteiger partial charge in [0, 0.05) is 25.6 Å². The van der Waals surface area contributed by atoms with Gasteiger partial charge in [-0.25, -0.2) is 4.39 Å². The normalized spacial score (nSPS) is 19.0. The van der Waals surface area contributed by atoms with Crippen LogP contribution in [0.1, 0.15) is 12.5 Å². The Hall–Kier alpha value is -1.99. The van der Waals surface area contributed by atoms with Gasteiger partial charge in [-0.3, -0.25) is 14.5 Å². The Morgan fingerprint density at radius 1 is 1.44 bits per heavy atom. The van der Waals surface area contributed by atoms with Gasteiger partial charge in [0.25, 0.3) is 0 Å². The van der Waals surface area contributed by atoms with Gasteiger partial charge in [0.15, 0.2) is 0 Å². The minimum atomic E-state index is -0.898. The number of aliphatic carboxylic acids is 1. The van der Waals surface area contributed by atoms with Crippen molar-refractivity contribution in [2.75, 3.05) is 39.8 Å².